The molecule has 6 rings (SSSR count). The Bertz CT molecular complexity index is 1830. The molecule has 0 radical (unpaired) electrons. The average Bonchev–Trinajstić information content (AvgIpc) is 3.80. The largest absolute Gasteiger partial charge is 0.345 e. The first kappa shape index (κ1) is 29.3. The van der Waals surface area contributed by atoms with Gasteiger partial charge in [0.2, 0.25) is 0 Å². The molecule has 1 aliphatic heterocycles. The topological polar surface area (TPSA) is 92.5 Å². The molecule has 5 aromatic rings. The van der Waals surface area contributed by atoms with E-state index in [1.807, 2.05) is 17.5 Å². The van der Waals surface area contributed by atoms with Crippen LogP contribution in [-0.4, -0.2) is 43.1 Å². The fourth-order valence-electron chi connectivity index (χ4n) is 4.72. The number of nitrogens with one attached hydrogen (secondary N) is 1. The van der Waals surface area contributed by atoms with Crippen LogP contribution in [-0.2, 0) is 11.3 Å². The van der Waals surface area contributed by atoms with E-state index < -0.39 is 23.6 Å². The van der Waals surface area contributed by atoms with Crippen LogP contribution in [0.25, 0.3) is 5.69 Å². The number of halogens is 3. The molecule has 0 bridgehead atoms. The fourth-order valence-corrected chi connectivity index (χ4v) is 6.26. The first-order valence-electron chi connectivity index (χ1n) is 13.4. The predicted molar refractivity (Wildman–Crippen MR) is 161 cm³/mol. The third-order valence-corrected chi connectivity index (χ3v) is 8.66. The molecule has 1 aliphatic rings. The van der Waals surface area contributed by atoms with Crippen LogP contribution < -0.4 is 5.32 Å². The highest BCUT2D eigenvalue weighted by molar-refractivity contribution is 7.99. The van der Waals surface area contributed by atoms with Crippen molar-refractivity contribution in [1.82, 2.24) is 25.1 Å². The molecule has 13 heteroatoms. The molecule has 0 aliphatic carbocycles. The van der Waals surface area contributed by atoms with Gasteiger partial charge in [-0.15, -0.1) is 21.5 Å². The Morgan fingerprint density at radius 1 is 0.909 bits per heavy atom. The van der Waals surface area contributed by atoms with E-state index in [0.29, 0.717) is 23.1 Å². The molecule has 8 nitrogen and oxygen atoms in total. The van der Waals surface area contributed by atoms with Gasteiger partial charge in [-0.3, -0.25) is 14.2 Å². The van der Waals surface area contributed by atoms with Crippen LogP contribution in [0.3, 0.4) is 0 Å². The molecule has 2 aromatic heterocycles. The minimum atomic E-state index is -0.540. The van der Waals surface area contributed by atoms with E-state index in [1.165, 1.54) is 70.9 Å². The molecule has 3 aromatic carbocycles. The number of hydrazone groups is 1. The summed E-state index contributed by atoms with van der Waals surface area (Å²) in [6.45, 7) is -0.0680. The fraction of sp³-hybridized carbons (Fsp3) is 0.129. The summed E-state index contributed by atoms with van der Waals surface area (Å²) in [6, 6.07) is 20.4. The average molecular weight is 633 g/mol. The number of nitrogens with zero attached hydrogens (tertiary/aromatic N) is 5. The number of carbonyl (C=O) groups is 2. The van der Waals surface area contributed by atoms with E-state index in [-0.39, 0.29) is 29.6 Å². The molecule has 0 spiro atoms. The molecule has 2 amide bonds. The van der Waals surface area contributed by atoms with Gasteiger partial charge in [-0.1, -0.05) is 36.0 Å². The molecular weight excluding hydrogens is 610 g/mol. The van der Waals surface area contributed by atoms with Crippen LogP contribution in [0.2, 0.25) is 0 Å². The molecule has 1 atom stereocenters. The van der Waals surface area contributed by atoms with E-state index in [0.717, 1.165) is 34.0 Å². The van der Waals surface area contributed by atoms with Crippen molar-refractivity contribution in [2.24, 2.45) is 5.10 Å². The number of carbonyl (C=O) groups excluding carboxylic acids is 2. The van der Waals surface area contributed by atoms with Crippen molar-refractivity contribution in [1.29, 1.82) is 0 Å². The zero-order valence-electron chi connectivity index (χ0n) is 22.9. The second kappa shape index (κ2) is 12.9. The summed E-state index contributed by atoms with van der Waals surface area (Å²) in [4.78, 5) is 27.2. The Balaban J connectivity index is 1.23. The van der Waals surface area contributed by atoms with E-state index >= 15 is 0 Å². The first-order valence-corrected chi connectivity index (χ1v) is 15.3. The normalized spacial score (nSPS) is 14.5. The van der Waals surface area contributed by atoms with Gasteiger partial charge < -0.3 is 5.32 Å². The van der Waals surface area contributed by atoms with Gasteiger partial charge in [-0.05, 0) is 71.6 Å². The lowest BCUT2D eigenvalue weighted by Gasteiger charge is -2.22. The van der Waals surface area contributed by atoms with E-state index in [4.69, 9.17) is 0 Å². The number of thiophene rings is 1. The Hall–Kier alpha value is -4.75. The van der Waals surface area contributed by atoms with Gasteiger partial charge in [0.05, 0.1) is 28.9 Å². The van der Waals surface area contributed by atoms with Crippen molar-refractivity contribution < 1.29 is 22.8 Å². The standard InChI is InChI=1S/C31H23F3N6O2S2/c32-21-8-6-19(7-9-21)26-16-25(27-5-2-14-43-27)38-40(26)29(41)18-44-31-37-36-28(39(31)24-12-10-22(33)11-13-24)17-35-30(42)20-3-1-4-23(34)15-20/h1-15,26H,16-18H2,(H,35,42). The lowest BCUT2D eigenvalue weighted by molar-refractivity contribution is -0.130. The third kappa shape index (κ3) is 6.43. The van der Waals surface area contributed by atoms with Crippen LogP contribution in [0.5, 0.6) is 0 Å². The van der Waals surface area contributed by atoms with Crippen molar-refractivity contribution in [3.05, 3.63) is 130 Å². The predicted octanol–water partition coefficient (Wildman–Crippen LogP) is 6.15. The number of aromatic nitrogens is 3. The van der Waals surface area contributed by atoms with Gasteiger partial charge in [0.25, 0.3) is 11.8 Å². The highest BCUT2D eigenvalue weighted by Gasteiger charge is 2.33. The Morgan fingerprint density at radius 2 is 1.66 bits per heavy atom. The Kier molecular flexibility index (Phi) is 8.57. The summed E-state index contributed by atoms with van der Waals surface area (Å²) in [5, 5.41) is 19.5. The zero-order chi connectivity index (χ0) is 30.6. The summed E-state index contributed by atoms with van der Waals surface area (Å²) in [5.74, 6) is -1.90. The number of hydrogen-bond donors (Lipinski definition) is 1. The molecule has 44 heavy (non-hydrogen) atoms. The monoisotopic (exact) mass is 632 g/mol. The molecule has 0 saturated carbocycles. The van der Waals surface area contributed by atoms with Crippen LogP contribution in [0.4, 0.5) is 13.2 Å². The molecule has 0 saturated heterocycles. The lowest BCUT2D eigenvalue weighted by Crippen LogP contribution is -2.28. The summed E-state index contributed by atoms with van der Waals surface area (Å²) in [7, 11) is 0. The molecule has 1 N–H and O–H groups in total. The van der Waals surface area contributed by atoms with Crippen molar-refractivity contribution in [3.8, 4) is 5.69 Å². The smallest absolute Gasteiger partial charge is 0.253 e. The number of hydrogen-bond acceptors (Lipinski definition) is 7. The molecule has 0 fully saturated rings. The quantitative estimate of drug-likeness (QED) is 0.197. The number of thioether (sulfide) groups is 1. The maximum atomic E-state index is 13.7. The van der Waals surface area contributed by atoms with Crippen molar-refractivity contribution in [2.75, 3.05) is 5.75 Å². The van der Waals surface area contributed by atoms with Gasteiger partial charge in [-0.25, -0.2) is 18.2 Å². The van der Waals surface area contributed by atoms with E-state index in [2.05, 4.69) is 20.6 Å². The summed E-state index contributed by atoms with van der Waals surface area (Å²) >= 11 is 2.63. The summed E-state index contributed by atoms with van der Waals surface area (Å²) < 4.78 is 42.6. The van der Waals surface area contributed by atoms with E-state index in [1.54, 1.807) is 16.7 Å². The minimum absolute atomic E-state index is 0.0616. The van der Waals surface area contributed by atoms with Crippen LogP contribution in [0.15, 0.2) is 101 Å². The number of benzene rings is 3. The molecule has 222 valence electrons. The van der Waals surface area contributed by atoms with Crippen molar-refractivity contribution in [2.45, 2.75) is 24.2 Å². The summed E-state index contributed by atoms with van der Waals surface area (Å²) in [6.07, 6.45) is 0.476. The summed E-state index contributed by atoms with van der Waals surface area (Å²) in [5.41, 5.74) is 2.18. The molecular formula is C31H23F3N6O2S2. The van der Waals surface area contributed by atoms with Gasteiger partial charge in [-0.2, -0.15) is 5.10 Å². The number of rotatable bonds is 9. The van der Waals surface area contributed by atoms with E-state index in [9.17, 15) is 22.8 Å². The zero-order valence-corrected chi connectivity index (χ0v) is 24.5. The van der Waals surface area contributed by atoms with Crippen LogP contribution in [0, 0.1) is 17.5 Å². The highest BCUT2D eigenvalue weighted by Crippen LogP contribution is 2.35. The second-order valence-electron chi connectivity index (χ2n) is 9.73. The number of amides is 2. The van der Waals surface area contributed by atoms with Crippen molar-refractivity contribution in [3.63, 3.8) is 0 Å². The Morgan fingerprint density at radius 3 is 2.36 bits per heavy atom. The van der Waals surface area contributed by atoms with Crippen molar-refractivity contribution >= 4 is 40.6 Å². The maximum absolute atomic E-state index is 13.7. The molecule has 1 unspecified atom stereocenters. The van der Waals surface area contributed by atoms with Gasteiger partial charge in [0.15, 0.2) is 11.0 Å². The van der Waals surface area contributed by atoms with Gasteiger partial charge >= 0.3 is 0 Å². The van der Waals surface area contributed by atoms with Gasteiger partial charge in [0, 0.05) is 17.7 Å². The van der Waals surface area contributed by atoms with Gasteiger partial charge in [0.1, 0.15) is 17.5 Å². The SMILES string of the molecule is O=C(NCc1nnc(SCC(=O)N2N=C(c3cccs3)CC2c2ccc(F)cc2)n1-c1ccc(F)cc1)c1cccc(F)c1. The second-order valence-corrected chi connectivity index (χ2v) is 11.6. The van der Waals surface area contributed by atoms with Crippen LogP contribution in [0.1, 0.15) is 39.1 Å². The molecule has 3 heterocycles. The first-order chi connectivity index (χ1) is 21.4. The van der Waals surface area contributed by atoms with Crippen LogP contribution >= 0.6 is 23.1 Å². The highest BCUT2D eigenvalue weighted by atomic mass is 32.2. The maximum Gasteiger partial charge on any atom is 0.253 e. The Labute approximate surface area is 258 Å². The third-order valence-electron chi connectivity index (χ3n) is 6.83. The lowest BCUT2D eigenvalue weighted by atomic mass is 10.0. The minimum Gasteiger partial charge on any atom is -0.345 e.